The molecule has 2 aromatic heterocycles. The quantitative estimate of drug-likeness (QED) is 0.328. The highest BCUT2D eigenvalue weighted by Crippen LogP contribution is 2.20. The first-order valence-electron chi connectivity index (χ1n) is 9.20. The molecular weight excluding hydrogens is 416 g/mol. The Morgan fingerprint density at radius 1 is 0.806 bits per heavy atom. The Balaban J connectivity index is 1.38. The van der Waals surface area contributed by atoms with E-state index in [4.69, 9.17) is 9.15 Å². The van der Waals surface area contributed by atoms with Gasteiger partial charge in [-0.2, -0.15) is 0 Å². The maximum atomic E-state index is 12.5. The van der Waals surface area contributed by atoms with Crippen molar-refractivity contribution in [1.82, 2.24) is 0 Å². The van der Waals surface area contributed by atoms with Gasteiger partial charge in [0.15, 0.2) is 5.76 Å². The number of hydrogen-bond donors (Lipinski definition) is 2. The van der Waals surface area contributed by atoms with Gasteiger partial charge in [0.05, 0.1) is 16.7 Å². The minimum absolute atomic E-state index is 0.166. The standard InChI is InChI=1S/C23H16N2O5S/c26-21(19-6-2-12-29-19)25-17-5-1-4-15(14-17)23(28)30-18-10-8-16(9-11-18)24-22(27)20-7-3-13-31-20/h1-14H,(H,24,27)(H,25,26). The first-order valence-corrected chi connectivity index (χ1v) is 10.1. The summed E-state index contributed by atoms with van der Waals surface area (Å²) >= 11 is 1.35. The Hall–Kier alpha value is -4.17. The van der Waals surface area contributed by atoms with Crippen molar-refractivity contribution in [2.75, 3.05) is 10.6 Å². The van der Waals surface area contributed by atoms with Crippen molar-refractivity contribution in [3.63, 3.8) is 0 Å². The number of amides is 2. The van der Waals surface area contributed by atoms with E-state index in [0.29, 0.717) is 22.0 Å². The number of hydrogen-bond acceptors (Lipinski definition) is 6. The molecule has 0 saturated heterocycles. The smallest absolute Gasteiger partial charge is 0.343 e. The largest absolute Gasteiger partial charge is 0.459 e. The van der Waals surface area contributed by atoms with Crippen LogP contribution in [0, 0.1) is 0 Å². The van der Waals surface area contributed by atoms with Crippen LogP contribution in [0.1, 0.15) is 30.6 Å². The van der Waals surface area contributed by atoms with Crippen molar-refractivity contribution in [3.8, 4) is 5.75 Å². The van der Waals surface area contributed by atoms with Crippen LogP contribution in [0.4, 0.5) is 11.4 Å². The summed E-state index contributed by atoms with van der Waals surface area (Å²) in [7, 11) is 0. The summed E-state index contributed by atoms with van der Waals surface area (Å²) in [5.74, 6) is -0.711. The molecule has 7 nitrogen and oxygen atoms in total. The minimum atomic E-state index is -0.579. The van der Waals surface area contributed by atoms with Crippen LogP contribution < -0.4 is 15.4 Å². The zero-order valence-corrected chi connectivity index (χ0v) is 16.8. The van der Waals surface area contributed by atoms with Gasteiger partial charge in [-0.25, -0.2) is 4.79 Å². The van der Waals surface area contributed by atoms with E-state index in [9.17, 15) is 14.4 Å². The first kappa shape index (κ1) is 20.1. The molecule has 2 heterocycles. The number of furan rings is 1. The number of thiophene rings is 1. The molecule has 4 aromatic rings. The highest BCUT2D eigenvalue weighted by molar-refractivity contribution is 7.12. The van der Waals surface area contributed by atoms with Gasteiger partial charge in [0.1, 0.15) is 5.75 Å². The fraction of sp³-hybridized carbons (Fsp3) is 0. The maximum absolute atomic E-state index is 12.5. The van der Waals surface area contributed by atoms with E-state index in [2.05, 4.69) is 10.6 Å². The summed E-state index contributed by atoms with van der Waals surface area (Å²) in [5, 5.41) is 7.27. The molecule has 0 unspecified atom stereocenters. The molecule has 0 spiro atoms. The Morgan fingerprint density at radius 2 is 1.61 bits per heavy atom. The number of carbonyl (C=O) groups excluding carboxylic acids is 3. The molecule has 8 heteroatoms. The van der Waals surface area contributed by atoms with E-state index in [0.717, 1.165) is 0 Å². The van der Waals surface area contributed by atoms with Crippen LogP contribution in [-0.2, 0) is 0 Å². The van der Waals surface area contributed by atoms with E-state index >= 15 is 0 Å². The monoisotopic (exact) mass is 432 g/mol. The van der Waals surface area contributed by atoms with Crippen molar-refractivity contribution in [2.45, 2.75) is 0 Å². The Kier molecular flexibility index (Phi) is 5.91. The first-order chi connectivity index (χ1) is 15.1. The third-order valence-corrected chi connectivity index (χ3v) is 5.04. The fourth-order valence-corrected chi connectivity index (χ4v) is 3.32. The van der Waals surface area contributed by atoms with Crippen LogP contribution in [0.2, 0.25) is 0 Å². The van der Waals surface area contributed by atoms with E-state index in [-0.39, 0.29) is 17.2 Å². The minimum Gasteiger partial charge on any atom is -0.459 e. The summed E-state index contributed by atoms with van der Waals surface area (Å²) in [4.78, 5) is 37.2. The predicted molar refractivity (Wildman–Crippen MR) is 117 cm³/mol. The second kappa shape index (κ2) is 9.10. The molecule has 4 rings (SSSR count). The molecule has 0 aliphatic heterocycles. The molecule has 0 fully saturated rings. The van der Waals surface area contributed by atoms with Crippen LogP contribution in [0.25, 0.3) is 0 Å². The number of benzene rings is 2. The summed E-state index contributed by atoms with van der Waals surface area (Å²) < 4.78 is 10.4. The van der Waals surface area contributed by atoms with Gasteiger partial charge in [-0.05, 0) is 66.0 Å². The zero-order valence-electron chi connectivity index (χ0n) is 16.0. The topological polar surface area (TPSA) is 97.6 Å². The summed E-state index contributed by atoms with van der Waals surface area (Å²) in [6, 6.07) is 19.6. The molecule has 0 saturated carbocycles. The van der Waals surface area contributed by atoms with E-state index in [1.807, 2.05) is 5.38 Å². The third kappa shape index (κ3) is 5.06. The Bertz CT molecular complexity index is 1200. The zero-order chi connectivity index (χ0) is 21.6. The molecule has 0 bridgehead atoms. The van der Waals surface area contributed by atoms with Crippen molar-refractivity contribution in [2.24, 2.45) is 0 Å². The van der Waals surface area contributed by atoms with Crippen molar-refractivity contribution >= 4 is 40.5 Å². The van der Waals surface area contributed by atoms with Crippen molar-refractivity contribution in [1.29, 1.82) is 0 Å². The predicted octanol–water partition coefficient (Wildman–Crippen LogP) is 5.06. The van der Waals surface area contributed by atoms with Gasteiger partial charge in [-0.3, -0.25) is 9.59 Å². The SMILES string of the molecule is O=C(Oc1ccc(NC(=O)c2cccs2)cc1)c1cccc(NC(=O)c2ccco2)c1. The van der Waals surface area contributed by atoms with Gasteiger partial charge in [-0.15, -0.1) is 11.3 Å². The number of rotatable bonds is 6. The fourth-order valence-electron chi connectivity index (χ4n) is 2.70. The van der Waals surface area contributed by atoms with E-state index < -0.39 is 11.9 Å². The van der Waals surface area contributed by atoms with E-state index in [1.54, 1.807) is 66.7 Å². The summed E-state index contributed by atoms with van der Waals surface area (Å²) in [6.07, 6.45) is 1.40. The van der Waals surface area contributed by atoms with Crippen LogP contribution in [0.3, 0.4) is 0 Å². The van der Waals surface area contributed by atoms with Crippen LogP contribution >= 0.6 is 11.3 Å². The molecule has 2 N–H and O–H groups in total. The highest BCUT2D eigenvalue weighted by Gasteiger charge is 2.13. The van der Waals surface area contributed by atoms with Crippen molar-refractivity contribution in [3.05, 3.63) is 101 Å². The lowest BCUT2D eigenvalue weighted by Crippen LogP contribution is -2.13. The number of ether oxygens (including phenoxy) is 1. The molecule has 154 valence electrons. The van der Waals surface area contributed by atoms with Gasteiger partial charge in [-0.1, -0.05) is 12.1 Å². The lowest BCUT2D eigenvalue weighted by Gasteiger charge is -2.08. The average molecular weight is 432 g/mol. The molecule has 0 radical (unpaired) electrons. The highest BCUT2D eigenvalue weighted by atomic mass is 32.1. The van der Waals surface area contributed by atoms with E-state index in [1.165, 1.54) is 23.7 Å². The van der Waals surface area contributed by atoms with Crippen molar-refractivity contribution < 1.29 is 23.5 Å². The van der Waals surface area contributed by atoms with Gasteiger partial charge >= 0.3 is 5.97 Å². The third-order valence-electron chi connectivity index (χ3n) is 4.17. The average Bonchev–Trinajstić information content (AvgIpc) is 3.50. The number of esters is 1. The molecule has 2 aromatic carbocycles. The lowest BCUT2D eigenvalue weighted by atomic mass is 10.2. The molecule has 0 aliphatic carbocycles. The molecule has 31 heavy (non-hydrogen) atoms. The van der Waals surface area contributed by atoms with Gasteiger partial charge in [0.2, 0.25) is 0 Å². The number of carbonyl (C=O) groups is 3. The second-order valence-electron chi connectivity index (χ2n) is 6.36. The number of anilines is 2. The Morgan fingerprint density at radius 3 is 2.32 bits per heavy atom. The maximum Gasteiger partial charge on any atom is 0.343 e. The molecular formula is C23H16N2O5S. The molecule has 0 atom stereocenters. The van der Waals surface area contributed by atoms with Crippen LogP contribution in [0.5, 0.6) is 5.75 Å². The summed E-state index contributed by atoms with van der Waals surface area (Å²) in [5.41, 5.74) is 1.29. The molecule has 0 aliphatic rings. The van der Waals surface area contributed by atoms with Gasteiger partial charge in [0, 0.05) is 11.4 Å². The number of nitrogens with one attached hydrogen (secondary N) is 2. The lowest BCUT2D eigenvalue weighted by molar-refractivity contribution is 0.0734. The van der Waals surface area contributed by atoms with Gasteiger partial charge < -0.3 is 19.8 Å². The normalized spacial score (nSPS) is 10.3. The summed E-state index contributed by atoms with van der Waals surface area (Å²) in [6.45, 7) is 0. The second-order valence-corrected chi connectivity index (χ2v) is 7.31. The Labute approximate surface area is 181 Å². The van der Waals surface area contributed by atoms with Gasteiger partial charge in [0.25, 0.3) is 11.8 Å². The van der Waals surface area contributed by atoms with Crippen LogP contribution in [-0.4, -0.2) is 17.8 Å². The molecule has 2 amide bonds. The van der Waals surface area contributed by atoms with Crippen LogP contribution in [0.15, 0.2) is 88.9 Å².